The molecular weight excluding hydrogens is 351 g/mol. The second-order valence-electron chi connectivity index (χ2n) is 5.31. The van der Waals surface area contributed by atoms with Crippen LogP contribution in [0.4, 0.5) is 0 Å². The van der Waals surface area contributed by atoms with E-state index in [1.54, 1.807) is 6.07 Å². The molecule has 0 atom stereocenters. The van der Waals surface area contributed by atoms with Gasteiger partial charge >= 0.3 is 0 Å². The van der Waals surface area contributed by atoms with Crippen LogP contribution in [0, 0.1) is 20.8 Å². The molecule has 1 aliphatic carbocycles. The van der Waals surface area contributed by atoms with Gasteiger partial charge in [0.25, 0.3) is 5.91 Å². The molecule has 0 saturated heterocycles. The van der Waals surface area contributed by atoms with Crippen molar-refractivity contribution >= 4 is 28.5 Å². The molecule has 0 heterocycles. The molecule has 0 aromatic heterocycles. The van der Waals surface area contributed by atoms with Crippen LogP contribution in [-0.4, -0.2) is 11.4 Å². The van der Waals surface area contributed by atoms with Gasteiger partial charge < -0.3 is 5.32 Å². The van der Waals surface area contributed by atoms with Crippen LogP contribution >= 0.6 is 22.6 Å². The number of nitriles is 1. The molecule has 1 amide bonds. The first-order chi connectivity index (χ1) is 9.06. The van der Waals surface area contributed by atoms with Gasteiger partial charge in [0.15, 0.2) is 0 Å². The number of rotatable bonds is 2. The van der Waals surface area contributed by atoms with Crippen LogP contribution in [0.1, 0.15) is 43.0 Å². The Morgan fingerprint density at radius 1 is 1.42 bits per heavy atom. The molecule has 1 fully saturated rings. The molecule has 100 valence electrons. The number of hydrogen-bond donors (Lipinski definition) is 1. The maximum Gasteiger partial charge on any atom is 0.253 e. The highest BCUT2D eigenvalue weighted by Crippen LogP contribution is 2.31. The number of carbonyl (C=O) groups is 1. The summed E-state index contributed by atoms with van der Waals surface area (Å²) >= 11 is 2.15. The Hall–Kier alpha value is -1.09. The predicted octanol–water partition coefficient (Wildman–Crippen LogP) is 3.49. The number of benzene rings is 1. The minimum atomic E-state index is -0.678. The molecule has 0 aliphatic heterocycles. The van der Waals surface area contributed by atoms with Crippen molar-refractivity contribution in [2.24, 2.45) is 5.92 Å². The van der Waals surface area contributed by atoms with E-state index in [2.05, 4.69) is 40.9 Å². The zero-order valence-corrected chi connectivity index (χ0v) is 13.1. The summed E-state index contributed by atoms with van der Waals surface area (Å²) in [6, 6.07) is 9.77. The first-order valence-corrected chi connectivity index (χ1v) is 7.62. The third-order valence-electron chi connectivity index (χ3n) is 3.81. The minimum absolute atomic E-state index is 0.138. The van der Waals surface area contributed by atoms with Gasteiger partial charge in [-0.1, -0.05) is 19.1 Å². The molecule has 0 unspecified atom stereocenters. The van der Waals surface area contributed by atoms with Crippen LogP contribution in [0.15, 0.2) is 24.3 Å². The van der Waals surface area contributed by atoms with E-state index in [1.807, 2.05) is 18.2 Å². The van der Waals surface area contributed by atoms with E-state index in [0.29, 0.717) is 11.5 Å². The number of nitrogens with zero attached hydrogens (tertiary/aromatic N) is 1. The molecule has 1 saturated carbocycles. The molecule has 0 radical (unpaired) electrons. The van der Waals surface area contributed by atoms with Crippen LogP contribution in [0.2, 0.25) is 0 Å². The minimum Gasteiger partial charge on any atom is -0.334 e. The SMILES string of the molecule is CC1CCC(C#N)(NC(=O)c2ccccc2I)CC1. The Balaban J connectivity index is 2.14. The predicted molar refractivity (Wildman–Crippen MR) is 82.6 cm³/mol. The summed E-state index contributed by atoms with van der Waals surface area (Å²) < 4.78 is 0.912. The summed E-state index contributed by atoms with van der Waals surface area (Å²) in [5, 5.41) is 12.4. The van der Waals surface area contributed by atoms with Gasteiger partial charge in [0.1, 0.15) is 5.54 Å². The number of hydrogen-bond acceptors (Lipinski definition) is 2. The second kappa shape index (κ2) is 5.91. The normalized spacial score (nSPS) is 26.5. The highest BCUT2D eigenvalue weighted by atomic mass is 127. The smallest absolute Gasteiger partial charge is 0.253 e. The fourth-order valence-electron chi connectivity index (χ4n) is 2.45. The molecule has 4 heteroatoms. The van der Waals surface area contributed by atoms with Crippen molar-refractivity contribution in [2.75, 3.05) is 0 Å². The Bertz CT molecular complexity index is 513. The first kappa shape index (κ1) is 14.3. The summed E-state index contributed by atoms with van der Waals surface area (Å²) in [5.41, 5.74) is -0.0287. The van der Waals surface area contributed by atoms with Gasteiger partial charge in [0.05, 0.1) is 11.6 Å². The Morgan fingerprint density at radius 2 is 2.05 bits per heavy atom. The van der Waals surface area contributed by atoms with E-state index in [9.17, 15) is 10.1 Å². The van der Waals surface area contributed by atoms with Crippen molar-refractivity contribution in [1.29, 1.82) is 5.26 Å². The molecule has 0 bridgehead atoms. The van der Waals surface area contributed by atoms with Crippen molar-refractivity contribution in [3.8, 4) is 6.07 Å². The molecule has 1 aromatic rings. The van der Waals surface area contributed by atoms with Crippen molar-refractivity contribution in [3.05, 3.63) is 33.4 Å². The maximum absolute atomic E-state index is 12.3. The van der Waals surface area contributed by atoms with E-state index < -0.39 is 5.54 Å². The maximum atomic E-state index is 12.3. The average Bonchev–Trinajstić information content (AvgIpc) is 2.42. The lowest BCUT2D eigenvalue weighted by molar-refractivity contribution is 0.0893. The van der Waals surface area contributed by atoms with E-state index in [1.165, 1.54) is 0 Å². The van der Waals surface area contributed by atoms with Gasteiger partial charge in [-0.2, -0.15) is 5.26 Å². The molecular formula is C15H17IN2O. The van der Waals surface area contributed by atoms with Gasteiger partial charge in [-0.05, 0) is 66.3 Å². The number of halogens is 1. The van der Waals surface area contributed by atoms with Crippen LogP contribution in [0.5, 0.6) is 0 Å². The Labute approximate surface area is 127 Å². The second-order valence-corrected chi connectivity index (χ2v) is 6.47. The van der Waals surface area contributed by atoms with E-state index in [0.717, 1.165) is 29.3 Å². The quantitative estimate of drug-likeness (QED) is 0.813. The van der Waals surface area contributed by atoms with Crippen molar-refractivity contribution in [3.63, 3.8) is 0 Å². The average molecular weight is 368 g/mol. The van der Waals surface area contributed by atoms with Gasteiger partial charge in [0, 0.05) is 3.57 Å². The molecule has 0 spiro atoms. The third-order valence-corrected chi connectivity index (χ3v) is 4.75. The van der Waals surface area contributed by atoms with Crippen molar-refractivity contribution in [1.82, 2.24) is 5.32 Å². The topological polar surface area (TPSA) is 52.9 Å². The summed E-state index contributed by atoms with van der Waals surface area (Å²) in [7, 11) is 0. The van der Waals surface area contributed by atoms with Crippen LogP contribution in [-0.2, 0) is 0 Å². The first-order valence-electron chi connectivity index (χ1n) is 6.55. The summed E-state index contributed by atoms with van der Waals surface area (Å²) in [6.07, 6.45) is 3.50. The van der Waals surface area contributed by atoms with E-state index >= 15 is 0 Å². The lowest BCUT2D eigenvalue weighted by Gasteiger charge is -2.34. The Kier molecular flexibility index (Phi) is 4.46. The fourth-order valence-corrected chi connectivity index (χ4v) is 3.08. The third kappa shape index (κ3) is 3.27. The molecule has 1 N–H and O–H groups in total. The Morgan fingerprint density at radius 3 is 2.63 bits per heavy atom. The van der Waals surface area contributed by atoms with Crippen molar-refractivity contribution in [2.45, 2.75) is 38.1 Å². The fraction of sp³-hybridized carbons (Fsp3) is 0.467. The van der Waals surface area contributed by atoms with Gasteiger partial charge in [-0.15, -0.1) is 0 Å². The highest BCUT2D eigenvalue weighted by molar-refractivity contribution is 14.1. The molecule has 19 heavy (non-hydrogen) atoms. The lowest BCUT2D eigenvalue weighted by atomic mass is 9.78. The lowest BCUT2D eigenvalue weighted by Crippen LogP contribution is -2.49. The van der Waals surface area contributed by atoms with Gasteiger partial charge in [-0.3, -0.25) is 4.79 Å². The highest BCUT2D eigenvalue weighted by Gasteiger charge is 2.36. The molecule has 2 rings (SSSR count). The van der Waals surface area contributed by atoms with E-state index in [-0.39, 0.29) is 5.91 Å². The molecule has 3 nitrogen and oxygen atoms in total. The standard InChI is InChI=1S/C15H17IN2O/c1-11-6-8-15(10-17,9-7-11)18-14(19)12-4-2-3-5-13(12)16/h2-5,11H,6-9H2,1H3,(H,18,19). The largest absolute Gasteiger partial charge is 0.334 e. The monoisotopic (exact) mass is 368 g/mol. The summed E-state index contributed by atoms with van der Waals surface area (Å²) in [6.45, 7) is 2.20. The summed E-state index contributed by atoms with van der Waals surface area (Å²) in [5.74, 6) is 0.511. The van der Waals surface area contributed by atoms with Gasteiger partial charge in [0.2, 0.25) is 0 Å². The molecule has 1 aromatic carbocycles. The van der Waals surface area contributed by atoms with Crippen molar-refractivity contribution < 1.29 is 4.79 Å². The number of amides is 1. The van der Waals surface area contributed by atoms with Gasteiger partial charge in [-0.25, -0.2) is 0 Å². The van der Waals surface area contributed by atoms with Crippen LogP contribution in [0.25, 0.3) is 0 Å². The zero-order valence-electron chi connectivity index (χ0n) is 10.9. The van der Waals surface area contributed by atoms with E-state index in [4.69, 9.17) is 0 Å². The summed E-state index contributed by atoms with van der Waals surface area (Å²) in [4.78, 5) is 12.3. The number of nitrogens with one attached hydrogen (secondary N) is 1. The number of carbonyl (C=O) groups excluding carboxylic acids is 1. The molecule has 1 aliphatic rings. The zero-order chi connectivity index (χ0) is 13.9. The van der Waals surface area contributed by atoms with Crippen LogP contribution < -0.4 is 5.32 Å². The van der Waals surface area contributed by atoms with Crippen LogP contribution in [0.3, 0.4) is 0 Å².